The molecule has 0 aliphatic heterocycles. The molecule has 36 heavy (non-hydrogen) atoms. The van der Waals surface area contributed by atoms with Crippen LogP contribution in [0.25, 0.3) is 6.08 Å². The van der Waals surface area contributed by atoms with Gasteiger partial charge in [0.2, 0.25) is 0 Å². The zero-order chi connectivity index (χ0) is 27.3. The second kappa shape index (κ2) is 20.8. The van der Waals surface area contributed by atoms with E-state index in [2.05, 4.69) is 20.8 Å². The van der Waals surface area contributed by atoms with Crippen LogP contribution < -0.4 is 4.74 Å². The summed E-state index contributed by atoms with van der Waals surface area (Å²) in [5.41, 5.74) is 0.932. The summed E-state index contributed by atoms with van der Waals surface area (Å²) in [5, 5.41) is 0. The van der Waals surface area contributed by atoms with E-state index in [0.717, 1.165) is 24.2 Å². The molecule has 0 aromatic heterocycles. The van der Waals surface area contributed by atoms with Crippen LogP contribution in [-0.2, 0) is 19.1 Å². The largest absolute Gasteiger partial charge is 0.497 e. The van der Waals surface area contributed by atoms with E-state index in [-0.39, 0.29) is 30.1 Å². The molecular weight excluding hydrogens is 452 g/mol. The van der Waals surface area contributed by atoms with Gasteiger partial charge in [0.05, 0.1) is 25.2 Å². The molecule has 0 fully saturated rings. The molecule has 0 bridgehead atoms. The van der Waals surface area contributed by atoms with Gasteiger partial charge < -0.3 is 14.2 Å². The Morgan fingerprint density at radius 2 is 1.31 bits per heavy atom. The molecule has 1 atom stereocenters. The van der Waals surface area contributed by atoms with Crippen molar-refractivity contribution in [3.05, 3.63) is 35.9 Å². The normalized spacial score (nSPS) is 12.0. The van der Waals surface area contributed by atoms with Crippen molar-refractivity contribution in [1.82, 2.24) is 0 Å². The van der Waals surface area contributed by atoms with Gasteiger partial charge in [-0.1, -0.05) is 84.3 Å². The van der Waals surface area contributed by atoms with Crippen LogP contribution in [0.5, 0.6) is 5.75 Å². The van der Waals surface area contributed by atoms with Crippen LogP contribution in [0.15, 0.2) is 30.3 Å². The highest BCUT2D eigenvalue weighted by Crippen LogP contribution is 2.22. The highest BCUT2D eigenvalue weighted by molar-refractivity contribution is 5.87. The molecule has 0 aliphatic rings. The van der Waals surface area contributed by atoms with E-state index in [1.54, 1.807) is 13.2 Å². The van der Waals surface area contributed by atoms with Gasteiger partial charge in [-0.05, 0) is 63.8 Å². The molecule has 1 rings (SSSR count). The predicted molar refractivity (Wildman–Crippen MR) is 150 cm³/mol. The van der Waals surface area contributed by atoms with Crippen molar-refractivity contribution in [3.8, 4) is 5.75 Å². The van der Waals surface area contributed by atoms with Crippen molar-refractivity contribution in [2.45, 2.75) is 118 Å². The van der Waals surface area contributed by atoms with Crippen molar-refractivity contribution in [1.29, 1.82) is 0 Å². The van der Waals surface area contributed by atoms with Gasteiger partial charge in [0, 0.05) is 6.08 Å². The van der Waals surface area contributed by atoms with Crippen molar-refractivity contribution in [3.63, 3.8) is 0 Å². The molecule has 0 aliphatic carbocycles. The Kier molecular flexibility index (Phi) is 19.5. The minimum Gasteiger partial charge on any atom is -0.497 e. The monoisotopic (exact) mass is 504 g/mol. The Hall–Kier alpha value is -2.30. The Morgan fingerprint density at radius 1 is 0.778 bits per heavy atom. The molecule has 0 saturated carbocycles. The van der Waals surface area contributed by atoms with Gasteiger partial charge in [-0.15, -0.1) is 0 Å². The summed E-state index contributed by atoms with van der Waals surface area (Å²) in [6.07, 6.45) is 14.5. The molecule has 0 saturated heterocycles. The van der Waals surface area contributed by atoms with E-state index in [1.165, 1.54) is 51.0 Å². The van der Waals surface area contributed by atoms with Gasteiger partial charge in [0.1, 0.15) is 5.75 Å². The molecule has 0 N–H and O–H groups in total. The number of benzene rings is 1. The number of methoxy groups -OCH3 is 1. The first kappa shape index (κ1) is 33.7. The van der Waals surface area contributed by atoms with Crippen molar-refractivity contribution in [2.24, 2.45) is 11.8 Å². The smallest absolute Gasteiger partial charge is 0.331 e. The lowest BCUT2D eigenvalue weighted by Crippen LogP contribution is -2.25. The summed E-state index contributed by atoms with van der Waals surface area (Å²) < 4.78 is 15.4. The number of rotatable bonds is 16. The van der Waals surface area contributed by atoms with E-state index in [0.29, 0.717) is 5.92 Å². The standard InChI is InChI=1S/C18H36O2.C13H16O3/c1-6-7-8-9-10-11-12-13-14-17(15(2)3)18(19)20-16(4)5;1-10(2)16-13(14)9-6-11-4-7-12(15-3)8-5-11/h15-17H,6-14H2,1-5H3;4-10H,1-3H3. The fourth-order valence-corrected chi connectivity index (χ4v) is 3.69. The summed E-state index contributed by atoms with van der Waals surface area (Å²) in [6.45, 7) is 14.0. The quantitative estimate of drug-likeness (QED) is 0.128. The lowest BCUT2D eigenvalue weighted by atomic mass is 9.90. The zero-order valence-electron chi connectivity index (χ0n) is 24.2. The Labute approximate surface area is 221 Å². The average Bonchev–Trinajstić information content (AvgIpc) is 2.81. The maximum Gasteiger partial charge on any atom is 0.331 e. The summed E-state index contributed by atoms with van der Waals surface area (Å²) in [4.78, 5) is 23.2. The molecule has 1 aromatic rings. The molecule has 0 heterocycles. The van der Waals surface area contributed by atoms with Gasteiger partial charge in [-0.3, -0.25) is 4.79 Å². The topological polar surface area (TPSA) is 61.8 Å². The van der Waals surface area contributed by atoms with Crippen LogP contribution in [-0.4, -0.2) is 31.3 Å². The number of hydrogen-bond donors (Lipinski definition) is 0. The second-order valence-corrected chi connectivity index (χ2v) is 10.2. The first-order valence-electron chi connectivity index (χ1n) is 13.8. The average molecular weight is 505 g/mol. The van der Waals surface area contributed by atoms with E-state index in [1.807, 2.05) is 52.0 Å². The fourth-order valence-electron chi connectivity index (χ4n) is 3.69. The molecule has 5 nitrogen and oxygen atoms in total. The fraction of sp³-hybridized carbons (Fsp3) is 0.677. The van der Waals surface area contributed by atoms with Gasteiger partial charge in [-0.25, -0.2) is 4.79 Å². The van der Waals surface area contributed by atoms with E-state index >= 15 is 0 Å². The van der Waals surface area contributed by atoms with Crippen LogP contribution in [0, 0.1) is 11.8 Å². The summed E-state index contributed by atoms with van der Waals surface area (Å²) in [7, 11) is 1.62. The predicted octanol–water partition coefficient (Wildman–Crippen LogP) is 8.40. The van der Waals surface area contributed by atoms with Crippen LogP contribution in [0.1, 0.15) is 112 Å². The van der Waals surface area contributed by atoms with Crippen LogP contribution in [0.4, 0.5) is 0 Å². The van der Waals surface area contributed by atoms with Crippen molar-refractivity contribution in [2.75, 3.05) is 7.11 Å². The molecule has 0 radical (unpaired) electrons. The maximum absolute atomic E-state index is 12.0. The number of unbranched alkanes of at least 4 members (excludes halogenated alkanes) is 7. The summed E-state index contributed by atoms with van der Waals surface area (Å²) >= 11 is 0. The van der Waals surface area contributed by atoms with Crippen LogP contribution >= 0.6 is 0 Å². The van der Waals surface area contributed by atoms with Crippen LogP contribution in [0.2, 0.25) is 0 Å². The number of ether oxygens (including phenoxy) is 3. The molecule has 0 spiro atoms. The van der Waals surface area contributed by atoms with Gasteiger partial charge in [-0.2, -0.15) is 0 Å². The van der Waals surface area contributed by atoms with Crippen molar-refractivity contribution < 1.29 is 23.8 Å². The third-order valence-corrected chi connectivity index (χ3v) is 5.71. The summed E-state index contributed by atoms with van der Waals surface area (Å²) in [5.74, 6) is 0.925. The highest BCUT2D eigenvalue weighted by Gasteiger charge is 2.23. The molecular formula is C31H52O5. The second-order valence-electron chi connectivity index (χ2n) is 10.2. The number of hydrogen-bond acceptors (Lipinski definition) is 5. The third kappa shape index (κ3) is 18.0. The molecule has 5 heteroatoms. The van der Waals surface area contributed by atoms with E-state index in [9.17, 15) is 9.59 Å². The summed E-state index contributed by atoms with van der Waals surface area (Å²) in [6, 6.07) is 7.43. The highest BCUT2D eigenvalue weighted by atomic mass is 16.5. The first-order chi connectivity index (χ1) is 17.1. The molecule has 1 unspecified atom stereocenters. The lowest BCUT2D eigenvalue weighted by molar-refractivity contribution is -0.154. The number of carbonyl (C=O) groups excluding carboxylic acids is 2. The van der Waals surface area contributed by atoms with Gasteiger partial charge in [0.15, 0.2) is 0 Å². The van der Waals surface area contributed by atoms with Gasteiger partial charge >= 0.3 is 11.9 Å². The minimum atomic E-state index is -0.328. The number of esters is 2. The van der Waals surface area contributed by atoms with Gasteiger partial charge in [0.25, 0.3) is 0 Å². The molecule has 0 amide bonds. The third-order valence-electron chi connectivity index (χ3n) is 5.71. The van der Waals surface area contributed by atoms with Crippen molar-refractivity contribution >= 4 is 18.0 Å². The van der Waals surface area contributed by atoms with E-state index < -0.39 is 0 Å². The Morgan fingerprint density at radius 3 is 1.78 bits per heavy atom. The zero-order valence-corrected chi connectivity index (χ0v) is 24.2. The van der Waals surface area contributed by atoms with Crippen LogP contribution in [0.3, 0.4) is 0 Å². The van der Waals surface area contributed by atoms with E-state index in [4.69, 9.17) is 14.2 Å². The first-order valence-corrected chi connectivity index (χ1v) is 13.8. The maximum atomic E-state index is 12.0. The number of carbonyl (C=O) groups is 2. The molecule has 1 aromatic carbocycles. The Balaban J connectivity index is 0.000000696. The Bertz CT molecular complexity index is 719. The lowest BCUT2D eigenvalue weighted by Gasteiger charge is -2.20. The SMILES string of the molecule is CCCCCCCCCCC(C(=O)OC(C)C)C(C)C.COc1ccc(C=CC(=O)OC(C)C)cc1. The minimum absolute atomic E-state index is 0.00190. The molecule has 206 valence electrons.